The van der Waals surface area contributed by atoms with Gasteiger partial charge in [0.15, 0.2) is 0 Å². The largest absolute Gasteiger partial charge is 0.491 e. The molecular weight excluding hydrogens is 448 g/mol. The van der Waals surface area contributed by atoms with Crippen LogP contribution >= 0.6 is 0 Å². The summed E-state index contributed by atoms with van der Waals surface area (Å²) in [7, 11) is 0. The quantitative estimate of drug-likeness (QED) is 0.262. The van der Waals surface area contributed by atoms with Gasteiger partial charge < -0.3 is 35.2 Å². The van der Waals surface area contributed by atoms with Gasteiger partial charge in [-0.15, -0.1) is 0 Å². The first-order chi connectivity index (χ1) is 17.2. The highest BCUT2D eigenvalue weighted by Gasteiger charge is 2.01. The van der Waals surface area contributed by atoms with E-state index in [9.17, 15) is 0 Å². The molecule has 0 aliphatic rings. The van der Waals surface area contributed by atoms with Gasteiger partial charge in [0, 0.05) is 16.8 Å². The number of fused-ring (bicyclic) bond motifs is 2. The van der Waals surface area contributed by atoms with Crippen molar-refractivity contribution in [3.8, 4) is 11.5 Å². The normalized spacial score (nSPS) is 11.2. The molecule has 2 aromatic heterocycles. The maximum atomic E-state index is 5.73. The third-order valence-electron chi connectivity index (χ3n) is 5.10. The molecule has 4 rings (SSSR count). The molecule has 0 saturated carbocycles. The predicted octanol–water partition coefficient (Wildman–Crippen LogP) is 3.46. The van der Waals surface area contributed by atoms with E-state index in [0.717, 1.165) is 33.3 Å². The lowest BCUT2D eigenvalue weighted by atomic mass is 10.2. The number of rotatable bonds is 14. The van der Waals surface area contributed by atoms with Gasteiger partial charge in [-0.05, 0) is 54.6 Å². The van der Waals surface area contributed by atoms with Crippen LogP contribution in [0.15, 0.2) is 60.7 Å². The number of pyridine rings is 2. The molecule has 0 saturated heterocycles. The lowest BCUT2D eigenvalue weighted by Crippen LogP contribution is -2.14. The monoisotopic (exact) mass is 478 g/mol. The highest BCUT2D eigenvalue weighted by Crippen LogP contribution is 2.21. The van der Waals surface area contributed by atoms with Gasteiger partial charge in [0.05, 0.1) is 50.7 Å². The lowest BCUT2D eigenvalue weighted by Gasteiger charge is -2.09. The van der Waals surface area contributed by atoms with E-state index in [-0.39, 0.29) is 0 Å². The standard InChI is InChI=1S/C26H30N4O5/c27-25-8-3-20-17-21(5-6-23(20)29-25)34-15-13-32-11-9-31-10-12-33-14-16-35-22-4-1-19-2-7-26(28)30-24(19)18-22/h1-8,17-18H,9-16H2,(H2,27,29)(H2,28,30). The molecule has 0 bridgehead atoms. The average Bonchev–Trinajstić information content (AvgIpc) is 2.86. The molecule has 0 amide bonds. The number of nitrogens with zero attached hydrogens (tertiary/aromatic N) is 2. The van der Waals surface area contributed by atoms with E-state index in [0.29, 0.717) is 64.5 Å². The molecule has 35 heavy (non-hydrogen) atoms. The minimum atomic E-state index is 0.443. The highest BCUT2D eigenvalue weighted by molar-refractivity contribution is 5.82. The molecule has 0 radical (unpaired) electrons. The first-order valence-electron chi connectivity index (χ1n) is 11.5. The Morgan fingerprint density at radius 2 is 0.971 bits per heavy atom. The minimum Gasteiger partial charge on any atom is -0.491 e. The van der Waals surface area contributed by atoms with Crippen molar-refractivity contribution in [2.24, 2.45) is 0 Å². The Labute approximate surface area is 203 Å². The van der Waals surface area contributed by atoms with Crippen LogP contribution in [0.2, 0.25) is 0 Å². The molecule has 0 unspecified atom stereocenters. The van der Waals surface area contributed by atoms with Crippen molar-refractivity contribution in [2.45, 2.75) is 0 Å². The van der Waals surface area contributed by atoms with E-state index in [1.165, 1.54) is 0 Å². The van der Waals surface area contributed by atoms with E-state index in [2.05, 4.69) is 9.97 Å². The van der Waals surface area contributed by atoms with Gasteiger partial charge in [-0.1, -0.05) is 0 Å². The van der Waals surface area contributed by atoms with Crippen molar-refractivity contribution in [2.75, 3.05) is 64.3 Å². The summed E-state index contributed by atoms with van der Waals surface area (Å²) in [5, 5.41) is 2.00. The number of hydrogen-bond donors (Lipinski definition) is 2. The summed E-state index contributed by atoms with van der Waals surface area (Å²) < 4.78 is 28.0. The van der Waals surface area contributed by atoms with Crippen LogP contribution in [-0.4, -0.2) is 62.8 Å². The van der Waals surface area contributed by atoms with Crippen LogP contribution in [0.4, 0.5) is 11.6 Å². The molecule has 184 valence electrons. The van der Waals surface area contributed by atoms with Gasteiger partial charge in [-0.25, -0.2) is 9.97 Å². The second-order valence-electron chi connectivity index (χ2n) is 7.72. The van der Waals surface area contributed by atoms with Gasteiger partial charge in [0.25, 0.3) is 0 Å². The van der Waals surface area contributed by atoms with Gasteiger partial charge in [0.1, 0.15) is 36.3 Å². The van der Waals surface area contributed by atoms with Gasteiger partial charge in [-0.2, -0.15) is 0 Å². The summed E-state index contributed by atoms with van der Waals surface area (Å²) >= 11 is 0. The van der Waals surface area contributed by atoms with Crippen molar-refractivity contribution in [1.82, 2.24) is 9.97 Å². The second kappa shape index (κ2) is 12.7. The lowest BCUT2D eigenvalue weighted by molar-refractivity contribution is 0.00500. The highest BCUT2D eigenvalue weighted by atomic mass is 16.6. The van der Waals surface area contributed by atoms with E-state index in [1.807, 2.05) is 48.5 Å². The van der Waals surface area contributed by atoms with Crippen LogP contribution in [-0.2, 0) is 14.2 Å². The zero-order valence-electron chi connectivity index (χ0n) is 19.5. The van der Waals surface area contributed by atoms with Crippen LogP contribution in [0.25, 0.3) is 21.8 Å². The van der Waals surface area contributed by atoms with E-state index >= 15 is 0 Å². The molecule has 4 N–H and O–H groups in total. The van der Waals surface area contributed by atoms with E-state index in [1.54, 1.807) is 12.1 Å². The Bertz CT molecular complexity index is 1240. The third-order valence-corrected chi connectivity index (χ3v) is 5.10. The molecule has 0 spiro atoms. The smallest absolute Gasteiger partial charge is 0.124 e. The first-order valence-corrected chi connectivity index (χ1v) is 11.5. The zero-order valence-corrected chi connectivity index (χ0v) is 19.5. The van der Waals surface area contributed by atoms with Gasteiger partial charge in [-0.3, -0.25) is 0 Å². The number of benzene rings is 2. The summed E-state index contributed by atoms with van der Waals surface area (Å²) in [6.45, 7) is 3.82. The van der Waals surface area contributed by atoms with Crippen LogP contribution in [0.1, 0.15) is 0 Å². The second-order valence-corrected chi connectivity index (χ2v) is 7.72. The summed E-state index contributed by atoms with van der Waals surface area (Å²) in [4.78, 5) is 8.57. The Hall–Kier alpha value is -3.66. The van der Waals surface area contributed by atoms with Crippen LogP contribution in [0, 0.1) is 0 Å². The van der Waals surface area contributed by atoms with Crippen LogP contribution in [0.3, 0.4) is 0 Å². The number of ether oxygens (including phenoxy) is 5. The van der Waals surface area contributed by atoms with Gasteiger partial charge >= 0.3 is 0 Å². The Balaban J connectivity index is 0.982. The molecular formula is C26H30N4O5. The summed E-state index contributed by atoms with van der Waals surface area (Å²) in [6.07, 6.45) is 0. The number of nitrogens with two attached hydrogens (primary N) is 2. The SMILES string of the molecule is Nc1ccc2cc(OCCOCCOCCOCCOc3ccc4ccc(N)nc4c3)ccc2n1. The Kier molecular flexibility index (Phi) is 8.88. The number of aromatic nitrogens is 2. The number of hydrogen-bond acceptors (Lipinski definition) is 9. The number of anilines is 2. The summed E-state index contributed by atoms with van der Waals surface area (Å²) in [5.74, 6) is 2.50. The molecule has 9 heteroatoms. The molecule has 0 aliphatic heterocycles. The maximum Gasteiger partial charge on any atom is 0.124 e. The molecule has 9 nitrogen and oxygen atoms in total. The van der Waals surface area contributed by atoms with Crippen molar-refractivity contribution < 1.29 is 23.7 Å². The Morgan fingerprint density at radius 1 is 0.486 bits per heavy atom. The molecule has 2 heterocycles. The maximum absolute atomic E-state index is 5.73. The van der Waals surface area contributed by atoms with Crippen molar-refractivity contribution >= 4 is 33.4 Å². The molecule has 2 aromatic carbocycles. The Morgan fingerprint density at radius 3 is 1.63 bits per heavy atom. The predicted molar refractivity (Wildman–Crippen MR) is 136 cm³/mol. The summed E-state index contributed by atoms with van der Waals surface area (Å²) in [5.41, 5.74) is 13.1. The van der Waals surface area contributed by atoms with E-state index in [4.69, 9.17) is 35.2 Å². The molecule has 0 atom stereocenters. The van der Waals surface area contributed by atoms with Crippen LogP contribution in [0.5, 0.6) is 11.5 Å². The van der Waals surface area contributed by atoms with Crippen molar-refractivity contribution in [3.63, 3.8) is 0 Å². The van der Waals surface area contributed by atoms with Crippen molar-refractivity contribution in [1.29, 1.82) is 0 Å². The zero-order chi connectivity index (χ0) is 24.3. The summed E-state index contributed by atoms with van der Waals surface area (Å²) in [6, 6.07) is 18.8. The third kappa shape index (κ3) is 7.68. The van der Waals surface area contributed by atoms with Crippen molar-refractivity contribution in [3.05, 3.63) is 60.7 Å². The van der Waals surface area contributed by atoms with Crippen LogP contribution < -0.4 is 20.9 Å². The average molecular weight is 479 g/mol. The first kappa shape index (κ1) is 24.5. The fraction of sp³-hybridized carbons (Fsp3) is 0.308. The topological polar surface area (TPSA) is 124 Å². The number of nitrogen functional groups attached to an aromatic ring is 2. The fourth-order valence-electron chi connectivity index (χ4n) is 3.39. The molecule has 0 fully saturated rings. The minimum absolute atomic E-state index is 0.443. The molecule has 4 aromatic rings. The fourth-order valence-corrected chi connectivity index (χ4v) is 3.39. The molecule has 0 aliphatic carbocycles. The van der Waals surface area contributed by atoms with E-state index < -0.39 is 0 Å². The van der Waals surface area contributed by atoms with Gasteiger partial charge in [0.2, 0.25) is 0 Å².